The van der Waals surface area contributed by atoms with Crippen LogP contribution in [-0.4, -0.2) is 12.9 Å². The van der Waals surface area contributed by atoms with Gasteiger partial charge in [-0.3, -0.25) is 4.79 Å². The summed E-state index contributed by atoms with van der Waals surface area (Å²) in [6.07, 6.45) is 2.81. The van der Waals surface area contributed by atoms with E-state index in [2.05, 4.69) is 27.7 Å². The largest absolute Gasteiger partial charge is 0.491 e. The minimum Gasteiger partial charge on any atom is -0.491 e. The minimum absolute atomic E-state index is 0.0383. The topological polar surface area (TPSA) is 26.3 Å². The summed E-state index contributed by atoms with van der Waals surface area (Å²) in [6.45, 7) is 8.95. The van der Waals surface area contributed by atoms with Gasteiger partial charge in [-0.2, -0.15) is 0 Å². The van der Waals surface area contributed by atoms with Crippen molar-refractivity contribution in [3.63, 3.8) is 0 Å². The third kappa shape index (κ3) is 3.74. The summed E-state index contributed by atoms with van der Waals surface area (Å²) >= 11 is 6.21. The lowest BCUT2D eigenvalue weighted by Crippen LogP contribution is -2.12. The zero-order valence-corrected chi connectivity index (χ0v) is 12.3. The Morgan fingerprint density at radius 3 is 2.50 bits per heavy atom. The van der Waals surface area contributed by atoms with Crippen molar-refractivity contribution in [1.29, 1.82) is 0 Å². The molecule has 0 saturated carbocycles. The van der Waals surface area contributed by atoms with Crippen molar-refractivity contribution in [3.05, 3.63) is 28.3 Å². The molecule has 0 aromatic heterocycles. The van der Waals surface area contributed by atoms with Crippen molar-refractivity contribution >= 4 is 17.9 Å². The van der Waals surface area contributed by atoms with Gasteiger partial charge in [-0.15, -0.1) is 0 Å². The summed E-state index contributed by atoms with van der Waals surface area (Å²) < 4.78 is 5.60. The van der Waals surface area contributed by atoms with E-state index < -0.39 is 0 Å². The molecule has 0 aliphatic carbocycles. The van der Waals surface area contributed by atoms with E-state index in [9.17, 15) is 4.79 Å². The number of aldehydes is 1. The standard InChI is InChI=1S/C15H21ClO2/c1-5-6-7-18-14-11(10-17)8-12(9-13(14)16)15(2,3)4/h8-10H,5-7H2,1-4H3. The van der Waals surface area contributed by atoms with Crippen molar-refractivity contribution < 1.29 is 9.53 Å². The van der Waals surface area contributed by atoms with Gasteiger partial charge in [-0.25, -0.2) is 0 Å². The first-order valence-electron chi connectivity index (χ1n) is 6.32. The van der Waals surface area contributed by atoms with Crippen LogP contribution < -0.4 is 4.74 Å². The Morgan fingerprint density at radius 2 is 2.00 bits per heavy atom. The highest BCUT2D eigenvalue weighted by Crippen LogP contribution is 2.34. The Labute approximate surface area is 114 Å². The number of ether oxygens (including phenoxy) is 1. The second-order valence-electron chi connectivity index (χ2n) is 5.45. The average molecular weight is 269 g/mol. The number of unbranched alkanes of at least 4 members (excludes halogenated alkanes) is 1. The molecule has 0 bridgehead atoms. The Bertz CT molecular complexity index is 419. The minimum atomic E-state index is -0.0383. The van der Waals surface area contributed by atoms with Crippen LogP contribution in [0.3, 0.4) is 0 Å². The van der Waals surface area contributed by atoms with Gasteiger partial charge in [0.05, 0.1) is 17.2 Å². The van der Waals surface area contributed by atoms with Crippen molar-refractivity contribution in [2.45, 2.75) is 46.0 Å². The van der Waals surface area contributed by atoms with Crippen LogP contribution in [0.5, 0.6) is 5.75 Å². The molecule has 0 aliphatic heterocycles. The van der Waals surface area contributed by atoms with Gasteiger partial charge in [0.25, 0.3) is 0 Å². The SMILES string of the molecule is CCCCOc1c(Cl)cc(C(C)(C)C)cc1C=O. The van der Waals surface area contributed by atoms with Gasteiger partial charge >= 0.3 is 0 Å². The van der Waals surface area contributed by atoms with Crippen LogP contribution in [0.2, 0.25) is 5.02 Å². The molecule has 2 nitrogen and oxygen atoms in total. The fraction of sp³-hybridized carbons (Fsp3) is 0.533. The molecule has 0 atom stereocenters. The molecule has 0 heterocycles. The first kappa shape index (κ1) is 15.0. The number of hydrogen-bond donors (Lipinski definition) is 0. The van der Waals surface area contributed by atoms with Gasteiger partial charge in [-0.05, 0) is 29.5 Å². The highest BCUT2D eigenvalue weighted by molar-refractivity contribution is 6.32. The average Bonchev–Trinajstić information content (AvgIpc) is 2.29. The fourth-order valence-corrected chi connectivity index (χ4v) is 1.89. The molecule has 0 saturated heterocycles. The molecule has 18 heavy (non-hydrogen) atoms. The predicted molar refractivity (Wildman–Crippen MR) is 75.9 cm³/mol. The number of carbonyl (C=O) groups is 1. The van der Waals surface area contributed by atoms with Crippen LogP contribution in [0.4, 0.5) is 0 Å². The number of hydrogen-bond acceptors (Lipinski definition) is 2. The maximum absolute atomic E-state index is 11.2. The third-order valence-corrected chi connectivity index (χ3v) is 3.09. The maximum atomic E-state index is 11.2. The van der Waals surface area contributed by atoms with E-state index in [-0.39, 0.29) is 5.41 Å². The molecule has 1 rings (SSSR count). The van der Waals surface area contributed by atoms with Crippen LogP contribution in [-0.2, 0) is 5.41 Å². The van der Waals surface area contributed by atoms with Crippen LogP contribution in [0.1, 0.15) is 56.5 Å². The van der Waals surface area contributed by atoms with Gasteiger partial charge in [0.1, 0.15) is 5.75 Å². The number of halogens is 1. The van der Waals surface area contributed by atoms with E-state index in [1.807, 2.05) is 12.1 Å². The molecule has 0 radical (unpaired) electrons. The summed E-state index contributed by atoms with van der Waals surface area (Å²) in [4.78, 5) is 11.2. The molecule has 0 amide bonds. The molecule has 0 spiro atoms. The molecule has 1 aromatic carbocycles. The quantitative estimate of drug-likeness (QED) is 0.575. The van der Waals surface area contributed by atoms with Crippen molar-refractivity contribution in [3.8, 4) is 5.75 Å². The Kier molecular flexibility index (Phi) is 5.21. The third-order valence-electron chi connectivity index (χ3n) is 2.81. The molecule has 0 aliphatic rings. The van der Waals surface area contributed by atoms with E-state index in [4.69, 9.17) is 16.3 Å². The van der Waals surface area contributed by atoms with E-state index in [0.717, 1.165) is 24.7 Å². The number of benzene rings is 1. The smallest absolute Gasteiger partial charge is 0.153 e. The summed E-state index contributed by atoms with van der Waals surface area (Å²) in [5.41, 5.74) is 1.53. The van der Waals surface area contributed by atoms with Crippen molar-refractivity contribution in [2.24, 2.45) is 0 Å². The maximum Gasteiger partial charge on any atom is 0.153 e. The predicted octanol–water partition coefficient (Wildman–Crippen LogP) is 4.63. The van der Waals surface area contributed by atoms with Gasteiger partial charge in [0, 0.05) is 0 Å². The summed E-state index contributed by atoms with van der Waals surface area (Å²) in [6, 6.07) is 3.75. The van der Waals surface area contributed by atoms with Crippen molar-refractivity contribution in [2.75, 3.05) is 6.61 Å². The molecule has 1 aromatic rings. The fourth-order valence-electron chi connectivity index (χ4n) is 1.61. The van der Waals surface area contributed by atoms with Crippen LogP contribution in [0.15, 0.2) is 12.1 Å². The van der Waals surface area contributed by atoms with Gasteiger partial charge < -0.3 is 4.74 Å². The van der Waals surface area contributed by atoms with E-state index >= 15 is 0 Å². The van der Waals surface area contributed by atoms with Gasteiger partial charge in [0.15, 0.2) is 6.29 Å². The molecule has 3 heteroatoms. The molecule has 0 fully saturated rings. The highest BCUT2D eigenvalue weighted by Gasteiger charge is 2.18. The number of rotatable bonds is 5. The summed E-state index contributed by atoms with van der Waals surface area (Å²) in [7, 11) is 0. The second kappa shape index (κ2) is 6.24. The van der Waals surface area contributed by atoms with Crippen LogP contribution in [0.25, 0.3) is 0 Å². The molecule has 0 unspecified atom stereocenters. The molecular weight excluding hydrogens is 248 g/mol. The Morgan fingerprint density at radius 1 is 1.33 bits per heavy atom. The highest BCUT2D eigenvalue weighted by atomic mass is 35.5. The number of carbonyl (C=O) groups excluding carboxylic acids is 1. The molecule has 0 N–H and O–H groups in total. The van der Waals surface area contributed by atoms with Gasteiger partial charge in [0.2, 0.25) is 0 Å². The molecule has 100 valence electrons. The van der Waals surface area contributed by atoms with E-state index in [0.29, 0.717) is 22.9 Å². The van der Waals surface area contributed by atoms with E-state index in [1.54, 1.807) is 0 Å². The monoisotopic (exact) mass is 268 g/mol. The van der Waals surface area contributed by atoms with E-state index in [1.165, 1.54) is 0 Å². The Balaban J connectivity index is 3.08. The lowest BCUT2D eigenvalue weighted by Gasteiger charge is -2.21. The van der Waals surface area contributed by atoms with Crippen LogP contribution in [0, 0.1) is 0 Å². The van der Waals surface area contributed by atoms with Gasteiger partial charge in [-0.1, -0.05) is 45.7 Å². The summed E-state index contributed by atoms with van der Waals surface area (Å²) in [5, 5.41) is 0.514. The first-order valence-corrected chi connectivity index (χ1v) is 6.70. The first-order chi connectivity index (χ1) is 8.40. The normalized spacial score (nSPS) is 11.4. The summed E-state index contributed by atoms with van der Waals surface area (Å²) in [5.74, 6) is 0.508. The lowest BCUT2D eigenvalue weighted by atomic mass is 9.86. The Hall–Kier alpha value is -1.02. The van der Waals surface area contributed by atoms with Crippen LogP contribution >= 0.6 is 11.6 Å². The molecular formula is C15H21ClO2. The zero-order valence-electron chi connectivity index (χ0n) is 11.5. The zero-order chi connectivity index (χ0) is 13.8. The van der Waals surface area contributed by atoms with Crippen molar-refractivity contribution in [1.82, 2.24) is 0 Å². The second-order valence-corrected chi connectivity index (χ2v) is 5.85. The lowest BCUT2D eigenvalue weighted by molar-refractivity contribution is 0.111.